The zero-order chi connectivity index (χ0) is 14.6. The molecule has 9 heteroatoms. The van der Waals surface area contributed by atoms with Gasteiger partial charge in [0.15, 0.2) is 0 Å². The van der Waals surface area contributed by atoms with Crippen molar-refractivity contribution >= 4 is 29.1 Å². The second-order valence-corrected chi connectivity index (χ2v) is 5.53. The molecule has 1 aromatic heterocycles. The predicted molar refractivity (Wildman–Crippen MR) is 71.0 cm³/mol. The van der Waals surface area contributed by atoms with Gasteiger partial charge in [0, 0.05) is 11.8 Å². The molecule has 0 saturated heterocycles. The Morgan fingerprint density at radius 1 is 1.58 bits per heavy atom. The van der Waals surface area contributed by atoms with Crippen molar-refractivity contribution in [3.8, 4) is 0 Å². The van der Waals surface area contributed by atoms with Gasteiger partial charge in [-0.25, -0.2) is 4.68 Å². The van der Waals surface area contributed by atoms with E-state index >= 15 is 0 Å². The van der Waals surface area contributed by atoms with Crippen LogP contribution in [-0.4, -0.2) is 34.0 Å². The van der Waals surface area contributed by atoms with Crippen molar-refractivity contribution in [1.82, 2.24) is 9.78 Å². The highest BCUT2D eigenvalue weighted by atomic mass is 35.5. The molecule has 0 saturated carbocycles. The van der Waals surface area contributed by atoms with Crippen LogP contribution in [0.25, 0.3) is 0 Å². The predicted octanol–water partition coefficient (Wildman–Crippen LogP) is 2.62. The summed E-state index contributed by atoms with van der Waals surface area (Å²) >= 11 is 7.35. The zero-order valence-electron chi connectivity index (χ0n) is 10.3. The molecule has 0 amide bonds. The Kier molecular flexibility index (Phi) is 5.54. The maximum Gasteiger partial charge on any atom is 0.408 e. The van der Waals surface area contributed by atoms with E-state index in [-0.39, 0.29) is 16.0 Å². The Morgan fingerprint density at radius 3 is 2.74 bits per heavy atom. The number of rotatable bonds is 5. The number of alkyl halides is 3. The molecule has 1 heterocycles. The van der Waals surface area contributed by atoms with Crippen molar-refractivity contribution < 1.29 is 13.2 Å². The molecule has 0 aromatic carbocycles. The van der Waals surface area contributed by atoms with E-state index in [1.165, 1.54) is 0 Å². The lowest BCUT2D eigenvalue weighted by atomic mass is 10.4. The molecule has 0 radical (unpaired) electrons. The molecule has 1 N–H and O–H groups in total. The summed E-state index contributed by atoms with van der Waals surface area (Å²) in [5, 5.41) is 6.33. The molecule has 4 nitrogen and oxygen atoms in total. The molecule has 0 aliphatic rings. The fourth-order valence-electron chi connectivity index (χ4n) is 1.21. The molecular weight excluding hydrogens is 303 g/mol. The minimum Gasteiger partial charge on any atom is -0.381 e. The van der Waals surface area contributed by atoms with Crippen molar-refractivity contribution in [2.45, 2.75) is 24.9 Å². The number of hydrogen-bond donors (Lipinski definition) is 1. The first kappa shape index (κ1) is 16.2. The van der Waals surface area contributed by atoms with Gasteiger partial charge in [0.2, 0.25) is 0 Å². The van der Waals surface area contributed by atoms with Crippen molar-refractivity contribution in [2.75, 3.05) is 18.1 Å². The van der Waals surface area contributed by atoms with Crippen LogP contribution in [0.15, 0.2) is 11.0 Å². The van der Waals surface area contributed by atoms with Gasteiger partial charge in [0.05, 0.1) is 11.9 Å². The van der Waals surface area contributed by atoms with Crippen LogP contribution in [0, 0.1) is 0 Å². The van der Waals surface area contributed by atoms with E-state index < -0.39 is 18.3 Å². The Balaban J connectivity index is 2.89. The molecule has 1 aromatic rings. The largest absolute Gasteiger partial charge is 0.408 e. The summed E-state index contributed by atoms with van der Waals surface area (Å²) in [6.07, 6.45) is -1.46. The van der Waals surface area contributed by atoms with Gasteiger partial charge in [0.1, 0.15) is 11.6 Å². The Hall–Kier alpha value is -0.890. The average Bonchev–Trinajstić information content (AvgIpc) is 2.32. The lowest BCUT2D eigenvalue weighted by molar-refractivity contribution is -0.143. The molecule has 0 fully saturated rings. The third kappa shape index (κ3) is 4.94. The second kappa shape index (κ2) is 6.51. The summed E-state index contributed by atoms with van der Waals surface area (Å²) in [6.45, 7) is 1.04. The van der Waals surface area contributed by atoms with E-state index in [0.717, 1.165) is 6.20 Å². The van der Waals surface area contributed by atoms with Gasteiger partial charge < -0.3 is 5.32 Å². The number of aromatic nitrogens is 2. The van der Waals surface area contributed by atoms with Crippen molar-refractivity contribution in [3.63, 3.8) is 0 Å². The third-order valence-electron chi connectivity index (χ3n) is 2.30. The molecule has 19 heavy (non-hydrogen) atoms. The normalized spacial score (nSPS) is 13.4. The van der Waals surface area contributed by atoms with Crippen molar-refractivity contribution in [1.29, 1.82) is 0 Å². The Morgan fingerprint density at radius 2 is 2.21 bits per heavy atom. The van der Waals surface area contributed by atoms with E-state index in [2.05, 4.69) is 10.4 Å². The minimum absolute atomic E-state index is 0.242. The maximum atomic E-state index is 12.2. The summed E-state index contributed by atoms with van der Waals surface area (Å²) in [6, 6.07) is 0. The average molecular weight is 316 g/mol. The van der Waals surface area contributed by atoms with Gasteiger partial charge in [-0.05, 0) is 6.26 Å². The maximum absolute atomic E-state index is 12.2. The molecule has 0 aliphatic carbocycles. The summed E-state index contributed by atoms with van der Waals surface area (Å²) in [4.78, 5) is 11.6. The lowest BCUT2D eigenvalue weighted by Gasteiger charge is -2.13. The van der Waals surface area contributed by atoms with Crippen molar-refractivity contribution in [3.05, 3.63) is 21.6 Å². The molecule has 0 spiro atoms. The van der Waals surface area contributed by atoms with E-state index in [9.17, 15) is 18.0 Å². The Bertz CT molecular complexity index is 492. The number of halogens is 4. The van der Waals surface area contributed by atoms with Gasteiger partial charge in [-0.1, -0.05) is 18.5 Å². The zero-order valence-corrected chi connectivity index (χ0v) is 11.9. The van der Waals surface area contributed by atoms with Crippen LogP contribution >= 0.6 is 23.4 Å². The number of nitrogens with zero attached hydrogens (tertiary/aromatic N) is 2. The molecule has 1 atom stereocenters. The summed E-state index contributed by atoms with van der Waals surface area (Å²) in [7, 11) is 0. The number of hydrogen-bond acceptors (Lipinski definition) is 4. The summed E-state index contributed by atoms with van der Waals surface area (Å²) in [5.41, 5.74) is -0.716. The highest BCUT2D eigenvalue weighted by Gasteiger charge is 2.29. The van der Waals surface area contributed by atoms with Gasteiger partial charge in [-0.3, -0.25) is 4.79 Å². The number of thioether (sulfide) groups is 1. The molecule has 1 rings (SSSR count). The van der Waals surface area contributed by atoms with E-state index in [1.807, 2.05) is 13.2 Å². The van der Waals surface area contributed by atoms with Gasteiger partial charge >= 0.3 is 6.18 Å². The first-order valence-corrected chi connectivity index (χ1v) is 7.00. The van der Waals surface area contributed by atoms with E-state index in [1.54, 1.807) is 11.8 Å². The van der Waals surface area contributed by atoms with Gasteiger partial charge in [-0.15, -0.1) is 0 Å². The topological polar surface area (TPSA) is 46.9 Å². The van der Waals surface area contributed by atoms with E-state index in [0.29, 0.717) is 11.2 Å². The number of anilines is 1. The Labute approximate surface area is 117 Å². The van der Waals surface area contributed by atoms with Crippen LogP contribution in [0.3, 0.4) is 0 Å². The van der Waals surface area contributed by atoms with Crippen LogP contribution in [-0.2, 0) is 6.54 Å². The smallest absolute Gasteiger partial charge is 0.381 e. The first-order chi connectivity index (χ1) is 8.74. The molecule has 108 valence electrons. The first-order valence-electron chi connectivity index (χ1n) is 5.33. The van der Waals surface area contributed by atoms with Crippen LogP contribution < -0.4 is 10.9 Å². The highest BCUT2D eigenvalue weighted by molar-refractivity contribution is 7.99. The molecule has 0 bridgehead atoms. The molecule has 0 aliphatic heterocycles. The van der Waals surface area contributed by atoms with E-state index in [4.69, 9.17) is 11.6 Å². The van der Waals surface area contributed by atoms with Crippen LogP contribution in [0.1, 0.15) is 6.92 Å². The van der Waals surface area contributed by atoms with Crippen molar-refractivity contribution in [2.24, 2.45) is 0 Å². The third-order valence-corrected chi connectivity index (χ3v) is 3.63. The van der Waals surface area contributed by atoms with Crippen LogP contribution in [0.5, 0.6) is 0 Å². The highest BCUT2D eigenvalue weighted by Crippen LogP contribution is 2.19. The fraction of sp³-hybridized carbons (Fsp3) is 0.600. The summed E-state index contributed by atoms with van der Waals surface area (Å²) in [5.74, 6) is 0. The molecule has 1 unspecified atom stereocenters. The number of nitrogens with one attached hydrogen (secondary N) is 1. The molecular formula is C10H13ClF3N3OS. The van der Waals surface area contributed by atoms with Gasteiger partial charge in [0.25, 0.3) is 5.56 Å². The minimum atomic E-state index is -4.51. The second-order valence-electron chi connectivity index (χ2n) is 3.88. The lowest BCUT2D eigenvalue weighted by Crippen LogP contribution is -2.31. The van der Waals surface area contributed by atoms with Gasteiger partial charge in [-0.2, -0.15) is 30.0 Å². The van der Waals surface area contributed by atoms with Crippen LogP contribution in [0.4, 0.5) is 18.9 Å². The SMILES string of the molecule is CSC(C)CNc1cnn(CC(F)(F)F)c(=O)c1Cl. The monoisotopic (exact) mass is 315 g/mol. The standard InChI is InChI=1S/C10H13ClF3N3OS/c1-6(19-2)3-15-7-4-16-17(5-10(12,13)14)9(18)8(7)11/h4,6,15H,3,5H2,1-2H3. The fourth-order valence-corrected chi connectivity index (χ4v) is 1.67. The summed E-state index contributed by atoms with van der Waals surface area (Å²) < 4.78 is 36.9. The van der Waals surface area contributed by atoms with Crippen LogP contribution in [0.2, 0.25) is 5.02 Å². The quantitative estimate of drug-likeness (QED) is 0.907.